The number of amides is 2. The van der Waals surface area contributed by atoms with Gasteiger partial charge in [-0.25, -0.2) is 0 Å². The number of nitrogens with two attached hydrogens (primary N) is 1. The number of nitrogens with one attached hydrogen (secondary N) is 1. The number of carbonyl (C=O) groups excluding carboxylic acids is 2. The molecule has 0 saturated heterocycles. The summed E-state index contributed by atoms with van der Waals surface area (Å²) in [6.07, 6.45) is 2.21. The van der Waals surface area contributed by atoms with Crippen LogP contribution >= 0.6 is 0 Å². The van der Waals surface area contributed by atoms with Gasteiger partial charge >= 0.3 is 0 Å². The smallest absolute Gasteiger partial charge is 0.224 e. The topological polar surface area (TPSA) is 72.2 Å². The van der Waals surface area contributed by atoms with Crippen LogP contribution in [0.25, 0.3) is 0 Å². The summed E-state index contributed by atoms with van der Waals surface area (Å²) in [4.78, 5) is 24.0. The van der Waals surface area contributed by atoms with E-state index in [0.717, 1.165) is 12.8 Å². The first kappa shape index (κ1) is 15.0. The average Bonchev–Trinajstić information content (AvgIpc) is 2.91. The van der Waals surface area contributed by atoms with Crippen molar-refractivity contribution in [2.75, 3.05) is 0 Å². The third-order valence-corrected chi connectivity index (χ3v) is 3.47. The minimum Gasteiger partial charge on any atom is -0.369 e. The number of primary amides is 1. The fraction of sp³-hybridized carbons (Fsp3) is 0.857. The molecule has 0 radical (unpaired) electrons. The second-order valence-corrected chi connectivity index (χ2v) is 6.94. The van der Waals surface area contributed by atoms with Crippen molar-refractivity contribution in [1.82, 2.24) is 5.32 Å². The van der Waals surface area contributed by atoms with Crippen molar-refractivity contribution in [3.8, 4) is 0 Å². The molecule has 0 aromatic rings. The molecule has 0 spiro atoms. The van der Waals surface area contributed by atoms with Crippen molar-refractivity contribution in [3.63, 3.8) is 0 Å². The van der Waals surface area contributed by atoms with Crippen LogP contribution in [0, 0.1) is 17.3 Å². The number of hydrogen-bond acceptors (Lipinski definition) is 2. The lowest BCUT2D eigenvalue weighted by Gasteiger charge is -2.29. The predicted molar refractivity (Wildman–Crippen MR) is 71.7 cm³/mol. The Balaban J connectivity index is 2.86. The van der Waals surface area contributed by atoms with Crippen molar-refractivity contribution < 1.29 is 9.59 Å². The lowest BCUT2D eigenvalue weighted by atomic mass is 9.81. The molecule has 4 heteroatoms. The summed E-state index contributed by atoms with van der Waals surface area (Å²) < 4.78 is 0. The van der Waals surface area contributed by atoms with E-state index in [4.69, 9.17) is 5.73 Å². The minimum absolute atomic E-state index is 0.0347. The van der Waals surface area contributed by atoms with E-state index < -0.39 is 5.41 Å². The van der Waals surface area contributed by atoms with Crippen molar-refractivity contribution in [2.45, 2.75) is 59.4 Å². The Bertz CT molecular complexity index is 338. The number of carbonyl (C=O) groups is 2. The van der Waals surface area contributed by atoms with Crippen molar-refractivity contribution in [1.29, 1.82) is 0 Å². The van der Waals surface area contributed by atoms with E-state index in [-0.39, 0.29) is 23.3 Å². The molecule has 4 nitrogen and oxygen atoms in total. The molecule has 0 bridgehead atoms. The highest BCUT2D eigenvalue weighted by atomic mass is 16.2. The Kier molecular flexibility index (Phi) is 4.08. The van der Waals surface area contributed by atoms with Crippen LogP contribution in [0.2, 0.25) is 0 Å². The first-order chi connectivity index (χ1) is 8.08. The van der Waals surface area contributed by atoms with Gasteiger partial charge in [0.25, 0.3) is 0 Å². The molecule has 1 atom stereocenters. The maximum absolute atomic E-state index is 12.4. The zero-order chi connectivity index (χ0) is 14.1. The Labute approximate surface area is 110 Å². The Morgan fingerprint density at radius 2 is 1.78 bits per heavy atom. The van der Waals surface area contributed by atoms with Crippen molar-refractivity contribution >= 4 is 11.8 Å². The lowest BCUT2D eigenvalue weighted by Crippen LogP contribution is -2.48. The Morgan fingerprint density at radius 3 is 2.06 bits per heavy atom. The van der Waals surface area contributed by atoms with Gasteiger partial charge in [-0.2, -0.15) is 0 Å². The summed E-state index contributed by atoms with van der Waals surface area (Å²) in [5, 5.41) is 2.98. The Morgan fingerprint density at radius 1 is 1.28 bits per heavy atom. The van der Waals surface area contributed by atoms with Crippen LogP contribution in [0.15, 0.2) is 0 Å². The van der Waals surface area contributed by atoms with Gasteiger partial charge < -0.3 is 11.1 Å². The van der Waals surface area contributed by atoms with Crippen LogP contribution in [-0.2, 0) is 9.59 Å². The van der Waals surface area contributed by atoms with E-state index in [1.54, 1.807) is 0 Å². The normalized spacial score (nSPS) is 19.4. The van der Waals surface area contributed by atoms with Crippen molar-refractivity contribution in [2.24, 2.45) is 23.0 Å². The van der Waals surface area contributed by atoms with Crippen LogP contribution in [0.4, 0.5) is 0 Å². The van der Waals surface area contributed by atoms with Crippen LogP contribution in [0.1, 0.15) is 53.9 Å². The first-order valence-electron chi connectivity index (χ1n) is 6.70. The first-order valence-corrected chi connectivity index (χ1v) is 6.70. The highest BCUT2D eigenvalue weighted by Gasteiger charge is 2.57. The summed E-state index contributed by atoms with van der Waals surface area (Å²) in [6, 6.07) is 0. The predicted octanol–water partition coefficient (Wildman–Crippen LogP) is 1.83. The molecule has 1 saturated carbocycles. The van der Waals surface area contributed by atoms with Gasteiger partial charge in [0, 0.05) is 5.54 Å². The second kappa shape index (κ2) is 4.90. The molecule has 104 valence electrons. The highest BCUT2D eigenvalue weighted by Crippen LogP contribution is 2.53. The van der Waals surface area contributed by atoms with Crippen LogP contribution < -0.4 is 11.1 Å². The van der Waals surface area contributed by atoms with Gasteiger partial charge in [0.2, 0.25) is 11.8 Å². The largest absolute Gasteiger partial charge is 0.369 e. The molecular weight excluding hydrogens is 228 g/mol. The lowest BCUT2D eigenvalue weighted by molar-refractivity contribution is -0.136. The fourth-order valence-corrected chi connectivity index (χ4v) is 2.41. The highest BCUT2D eigenvalue weighted by molar-refractivity contribution is 5.92. The standard InChI is InChI=1S/C14H26N2O2/c1-9(2)8-10(11(17)16-13(3,4)5)14(6-7-14)12(15)18/h9-10H,6-8H2,1-5H3,(H2,15,18)(H,16,17)/t10-/m0/s1. The molecule has 0 aromatic carbocycles. The maximum atomic E-state index is 12.4. The molecule has 0 aliphatic heterocycles. The third-order valence-electron chi connectivity index (χ3n) is 3.47. The van der Waals surface area contributed by atoms with Gasteiger partial charge in [0.05, 0.1) is 11.3 Å². The van der Waals surface area contributed by atoms with E-state index in [1.165, 1.54) is 0 Å². The maximum Gasteiger partial charge on any atom is 0.224 e. The van der Waals surface area contributed by atoms with E-state index in [1.807, 2.05) is 20.8 Å². The summed E-state index contributed by atoms with van der Waals surface area (Å²) in [5.41, 5.74) is 4.63. The van der Waals surface area contributed by atoms with E-state index in [0.29, 0.717) is 12.3 Å². The SMILES string of the molecule is CC(C)C[C@@H](C(=O)NC(C)(C)C)C1(C(N)=O)CC1. The van der Waals surface area contributed by atoms with E-state index in [9.17, 15) is 9.59 Å². The van der Waals surface area contributed by atoms with Gasteiger partial charge in [-0.3, -0.25) is 9.59 Å². The summed E-state index contributed by atoms with van der Waals surface area (Å²) in [7, 11) is 0. The molecule has 1 fully saturated rings. The third kappa shape index (κ3) is 3.47. The van der Waals surface area contributed by atoms with Gasteiger partial charge in [-0.1, -0.05) is 13.8 Å². The Hall–Kier alpha value is -1.06. The molecule has 1 aliphatic rings. The zero-order valence-corrected chi connectivity index (χ0v) is 12.2. The number of rotatable bonds is 5. The molecule has 18 heavy (non-hydrogen) atoms. The molecule has 1 rings (SSSR count). The number of hydrogen-bond donors (Lipinski definition) is 2. The van der Waals surface area contributed by atoms with Gasteiger partial charge in [-0.15, -0.1) is 0 Å². The molecule has 0 aromatic heterocycles. The summed E-state index contributed by atoms with van der Waals surface area (Å²) in [5.74, 6) is -0.267. The van der Waals surface area contributed by atoms with Gasteiger partial charge in [0.1, 0.15) is 0 Å². The quantitative estimate of drug-likeness (QED) is 0.785. The molecule has 1 aliphatic carbocycles. The molecular formula is C14H26N2O2. The zero-order valence-electron chi connectivity index (χ0n) is 12.2. The van der Waals surface area contributed by atoms with Crippen LogP contribution in [-0.4, -0.2) is 17.4 Å². The monoisotopic (exact) mass is 254 g/mol. The minimum atomic E-state index is -0.584. The molecule has 0 heterocycles. The molecule has 0 unspecified atom stereocenters. The van der Waals surface area contributed by atoms with Gasteiger partial charge in [-0.05, 0) is 46.0 Å². The summed E-state index contributed by atoms with van der Waals surface area (Å²) in [6.45, 7) is 9.96. The second-order valence-electron chi connectivity index (χ2n) is 6.94. The fourth-order valence-electron chi connectivity index (χ4n) is 2.41. The molecule has 2 amide bonds. The van der Waals surface area contributed by atoms with Crippen LogP contribution in [0.5, 0.6) is 0 Å². The van der Waals surface area contributed by atoms with E-state index >= 15 is 0 Å². The van der Waals surface area contributed by atoms with E-state index in [2.05, 4.69) is 19.2 Å². The summed E-state index contributed by atoms with van der Waals surface area (Å²) >= 11 is 0. The molecule has 3 N–H and O–H groups in total. The van der Waals surface area contributed by atoms with Crippen molar-refractivity contribution in [3.05, 3.63) is 0 Å². The van der Waals surface area contributed by atoms with Crippen LogP contribution in [0.3, 0.4) is 0 Å². The average molecular weight is 254 g/mol. The van der Waals surface area contributed by atoms with Gasteiger partial charge in [0.15, 0.2) is 0 Å².